The number of amidine groups is 1. The molecule has 3 aromatic rings. The first-order valence-corrected chi connectivity index (χ1v) is 11.3. The van der Waals surface area contributed by atoms with Crippen LogP contribution in [0.4, 0.5) is 24.5 Å². The van der Waals surface area contributed by atoms with Gasteiger partial charge in [0, 0.05) is 40.3 Å². The normalized spacial score (nSPS) is 15.1. The van der Waals surface area contributed by atoms with Crippen LogP contribution in [-0.4, -0.2) is 12.4 Å². The summed E-state index contributed by atoms with van der Waals surface area (Å²) in [6, 6.07) is 18.3. The molecule has 0 aromatic heterocycles. The number of anilines is 2. The molecule has 1 unspecified atom stereocenters. The predicted octanol–water partition coefficient (Wildman–Crippen LogP) is 7.31. The van der Waals surface area contributed by atoms with Gasteiger partial charge in [0.1, 0.15) is 12.0 Å². The fraction of sp³-hybridized carbons (Fsp3) is 0.192. The third kappa shape index (κ3) is 4.89. The SMILES string of the molecule is C=C(NC1=NC(c2ccccc2C(F)(F)F)Nc2ccccc21)c1c(Cl)cccc1NCCC. The maximum Gasteiger partial charge on any atom is 0.416 e. The van der Waals surface area contributed by atoms with Crippen molar-refractivity contribution in [1.29, 1.82) is 0 Å². The number of aliphatic imine (C=N–C) groups is 1. The van der Waals surface area contributed by atoms with E-state index < -0.39 is 17.9 Å². The number of nitrogens with zero attached hydrogens (tertiary/aromatic N) is 1. The molecule has 4 rings (SSSR count). The summed E-state index contributed by atoms with van der Waals surface area (Å²) in [5, 5.41) is 10.2. The Balaban J connectivity index is 1.74. The molecule has 0 saturated carbocycles. The number of halogens is 4. The van der Waals surface area contributed by atoms with Crippen LogP contribution in [0.2, 0.25) is 5.02 Å². The van der Waals surface area contributed by atoms with Gasteiger partial charge in [-0.15, -0.1) is 0 Å². The predicted molar refractivity (Wildman–Crippen MR) is 133 cm³/mol. The van der Waals surface area contributed by atoms with Gasteiger partial charge in [0.2, 0.25) is 0 Å². The maximum absolute atomic E-state index is 13.7. The van der Waals surface area contributed by atoms with Gasteiger partial charge in [-0.05, 0) is 36.8 Å². The Hall–Kier alpha value is -3.45. The van der Waals surface area contributed by atoms with Crippen molar-refractivity contribution in [3.05, 3.63) is 101 Å². The number of rotatable bonds is 6. The molecule has 0 spiro atoms. The van der Waals surface area contributed by atoms with E-state index in [0.717, 1.165) is 30.3 Å². The van der Waals surface area contributed by atoms with E-state index in [-0.39, 0.29) is 5.56 Å². The van der Waals surface area contributed by atoms with Gasteiger partial charge in [0.25, 0.3) is 0 Å². The van der Waals surface area contributed by atoms with Crippen molar-refractivity contribution < 1.29 is 13.2 Å². The standard InChI is InChI=1S/C26H24ClF3N4/c1-3-15-31-22-14-8-12-20(27)23(22)16(2)32-25-18-10-5-7-13-21(18)33-24(34-25)17-9-4-6-11-19(17)26(28,29)30/h4-14,24,31,33H,2-3,15H2,1H3,(H,32,34). The lowest BCUT2D eigenvalue weighted by molar-refractivity contribution is -0.138. The average Bonchev–Trinajstić information content (AvgIpc) is 2.82. The summed E-state index contributed by atoms with van der Waals surface area (Å²) < 4.78 is 41.1. The second-order valence-electron chi connectivity index (χ2n) is 7.85. The van der Waals surface area contributed by atoms with Crippen LogP contribution < -0.4 is 16.0 Å². The van der Waals surface area contributed by atoms with E-state index in [9.17, 15) is 13.2 Å². The number of alkyl halides is 3. The zero-order chi connectivity index (χ0) is 24.3. The van der Waals surface area contributed by atoms with Crippen molar-refractivity contribution in [3.8, 4) is 0 Å². The molecule has 0 fully saturated rings. The topological polar surface area (TPSA) is 48.5 Å². The van der Waals surface area contributed by atoms with Crippen LogP contribution in [0.15, 0.2) is 78.3 Å². The van der Waals surface area contributed by atoms with Crippen LogP contribution in [0.3, 0.4) is 0 Å². The summed E-state index contributed by atoms with van der Waals surface area (Å²) in [6.45, 7) is 6.97. The quantitative estimate of drug-likeness (QED) is 0.343. The lowest BCUT2D eigenvalue weighted by Gasteiger charge is -2.28. The third-order valence-corrected chi connectivity index (χ3v) is 5.76. The van der Waals surface area contributed by atoms with Crippen LogP contribution in [0, 0.1) is 0 Å². The smallest absolute Gasteiger partial charge is 0.384 e. The van der Waals surface area contributed by atoms with E-state index in [1.807, 2.05) is 30.3 Å². The molecule has 4 nitrogen and oxygen atoms in total. The summed E-state index contributed by atoms with van der Waals surface area (Å²) in [4.78, 5) is 4.62. The average molecular weight is 485 g/mol. The molecule has 176 valence electrons. The van der Waals surface area contributed by atoms with E-state index in [1.54, 1.807) is 18.2 Å². The first-order chi connectivity index (χ1) is 16.3. The zero-order valence-electron chi connectivity index (χ0n) is 18.5. The molecule has 1 atom stereocenters. The van der Waals surface area contributed by atoms with E-state index in [1.165, 1.54) is 12.1 Å². The van der Waals surface area contributed by atoms with Gasteiger partial charge >= 0.3 is 6.18 Å². The lowest BCUT2D eigenvalue weighted by Crippen LogP contribution is -2.30. The van der Waals surface area contributed by atoms with Crippen molar-refractivity contribution >= 4 is 34.5 Å². The van der Waals surface area contributed by atoms with Gasteiger partial charge in [-0.25, -0.2) is 4.99 Å². The Morgan fingerprint density at radius 1 is 1.06 bits per heavy atom. The van der Waals surface area contributed by atoms with Crippen molar-refractivity contribution in [2.45, 2.75) is 25.7 Å². The van der Waals surface area contributed by atoms with Crippen LogP contribution in [0.5, 0.6) is 0 Å². The number of nitrogens with one attached hydrogen (secondary N) is 3. The molecule has 0 aliphatic carbocycles. The summed E-state index contributed by atoms with van der Waals surface area (Å²) >= 11 is 6.50. The Labute approximate surface area is 201 Å². The van der Waals surface area contributed by atoms with Gasteiger partial charge in [-0.2, -0.15) is 13.2 Å². The van der Waals surface area contributed by atoms with E-state index >= 15 is 0 Å². The summed E-state index contributed by atoms with van der Waals surface area (Å²) in [5.41, 5.74) is 2.68. The summed E-state index contributed by atoms with van der Waals surface area (Å²) in [7, 11) is 0. The summed E-state index contributed by atoms with van der Waals surface area (Å²) in [6.07, 6.45) is -4.51. The molecule has 1 aliphatic rings. The Kier molecular flexibility index (Phi) is 6.84. The van der Waals surface area contributed by atoms with Gasteiger partial charge in [0.15, 0.2) is 0 Å². The number of benzene rings is 3. The van der Waals surface area contributed by atoms with E-state index in [4.69, 9.17) is 11.6 Å². The van der Waals surface area contributed by atoms with E-state index in [2.05, 4.69) is 34.4 Å². The highest BCUT2D eigenvalue weighted by Crippen LogP contribution is 2.38. The fourth-order valence-corrected chi connectivity index (χ4v) is 4.17. The molecule has 0 amide bonds. The minimum Gasteiger partial charge on any atom is -0.384 e. The van der Waals surface area contributed by atoms with Gasteiger partial charge in [-0.1, -0.05) is 61.5 Å². The molecular formula is C26H24ClF3N4. The van der Waals surface area contributed by atoms with Crippen molar-refractivity contribution in [1.82, 2.24) is 5.32 Å². The van der Waals surface area contributed by atoms with Crippen molar-refractivity contribution in [2.24, 2.45) is 4.99 Å². The molecule has 8 heteroatoms. The first-order valence-electron chi connectivity index (χ1n) is 10.9. The molecule has 3 N–H and O–H groups in total. The monoisotopic (exact) mass is 484 g/mol. The minimum atomic E-state index is -4.50. The largest absolute Gasteiger partial charge is 0.416 e. The second kappa shape index (κ2) is 9.81. The van der Waals surface area contributed by atoms with Gasteiger partial charge in [-0.3, -0.25) is 0 Å². The third-order valence-electron chi connectivity index (χ3n) is 5.44. The Morgan fingerprint density at radius 3 is 2.56 bits per heavy atom. The molecule has 1 heterocycles. The van der Waals surface area contributed by atoms with Crippen LogP contribution in [0.1, 0.15) is 41.8 Å². The molecule has 34 heavy (non-hydrogen) atoms. The zero-order valence-corrected chi connectivity index (χ0v) is 19.3. The van der Waals surface area contributed by atoms with Crippen molar-refractivity contribution in [3.63, 3.8) is 0 Å². The molecule has 0 radical (unpaired) electrons. The number of para-hydroxylation sites is 1. The minimum absolute atomic E-state index is 0.0393. The van der Waals surface area contributed by atoms with Crippen molar-refractivity contribution in [2.75, 3.05) is 17.2 Å². The highest BCUT2D eigenvalue weighted by molar-refractivity contribution is 6.33. The number of hydrogen-bond acceptors (Lipinski definition) is 4. The lowest BCUT2D eigenvalue weighted by atomic mass is 10.0. The van der Waals surface area contributed by atoms with Crippen LogP contribution >= 0.6 is 11.6 Å². The van der Waals surface area contributed by atoms with E-state index in [0.29, 0.717) is 27.8 Å². The Bertz CT molecular complexity index is 1240. The van der Waals surface area contributed by atoms with Crippen LogP contribution in [0.25, 0.3) is 5.70 Å². The fourth-order valence-electron chi connectivity index (χ4n) is 3.88. The Morgan fingerprint density at radius 2 is 1.79 bits per heavy atom. The maximum atomic E-state index is 13.7. The molecule has 0 bridgehead atoms. The second-order valence-corrected chi connectivity index (χ2v) is 8.26. The van der Waals surface area contributed by atoms with Gasteiger partial charge < -0.3 is 16.0 Å². The molecule has 1 aliphatic heterocycles. The highest BCUT2D eigenvalue weighted by Gasteiger charge is 2.36. The molecule has 3 aromatic carbocycles. The van der Waals surface area contributed by atoms with Crippen LogP contribution in [-0.2, 0) is 6.18 Å². The highest BCUT2D eigenvalue weighted by atomic mass is 35.5. The summed E-state index contributed by atoms with van der Waals surface area (Å²) in [5.74, 6) is 0.405. The molecular weight excluding hydrogens is 461 g/mol. The molecule has 0 saturated heterocycles. The van der Waals surface area contributed by atoms with Gasteiger partial charge in [0.05, 0.1) is 10.6 Å². The number of fused-ring (bicyclic) bond motifs is 1. The number of hydrogen-bond donors (Lipinski definition) is 3. The first kappa shape index (κ1) is 23.7.